The van der Waals surface area contributed by atoms with Gasteiger partial charge in [0.2, 0.25) is 0 Å². The van der Waals surface area contributed by atoms with Gasteiger partial charge in [-0.2, -0.15) is 0 Å². The molecular formula is C12H27ClN2O2S. The van der Waals surface area contributed by atoms with Gasteiger partial charge in [0.05, 0.1) is 5.75 Å². The molecule has 1 unspecified atom stereocenters. The zero-order valence-electron chi connectivity index (χ0n) is 11.7. The SMILES string of the molecule is CC(C)N(CCS(C)(=O)=O)CC1CCCNC1.Cl. The van der Waals surface area contributed by atoms with Crippen LogP contribution in [0.3, 0.4) is 0 Å². The molecular weight excluding hydrogens is 272 g/mol. The van der Waals surface area contributed by atoms with Crippen molar-refractivity contribution in [1.82, 2.24) is 10.2 Å². The molecule has 6 heteroatoms. The monoisotopic (exact) mass is 298 g/mol. The topological polar surface area (TPSA) is 49.4 Å². The highest BCUT2D eigenvalue weighted by atomic mass is 35.5. The van der Waals surface area contributed by atoms with E-state index in [0.29, 0.717) is 18.5 Å². The summed E-state index contributed by atoms with van der Waals surface area (Å²) < 4.78 is 22.4. The quantitative estimate of drug-likeness (QED) is 0.799. The molecule has 1 atom stereocenters. The summed E-state index contributed by atoms with van der Waals surface area (Å²) in [5, 5.41) is 3.41. The molecule has 0 aromatic rings. The summed E-state index contributed by atoms with van der Waals surface area (Å²) in [7, 11) is -2.85. The molecule has 1 N–H and O–H groups in total. The lowest BCUT2D eigenvalue weighted by molar-refractivity contribution is 0.180. The van der Waals surface area contributed by atoms with E-state index in [4.69, 9.17) is 0 Å². The molecule has 1 aliphatic heterocycles. The maximum atomic E-state index is 11.2. The van der Waals surface area contributed by atoms with Gasteiger partial charge in [0, 0.05) is 25.4 Å². The number of hydrogen-bond donors (Lipinski definition) is 1. The number of piperidine rings is 1. The summed E-state index contributed by atoms with van der Waals surface area (Å²) in [6, 6.07) is 0.415. The first kappa shape index (κ1) is 18.2. The molecule has 0 aromatic carbocycles. The highest BCUT2D eigenvalue weighted by Crippen LogP contribution is 2.13. The third kappa shape index (κ3) is 7.56. The number of nitrogens with one attached hydrogen (secondary N) is 1. The van der Waals surface area contributed by atoms with Crippen LogP contribution in [0.15, 0.2) is 0 Å². The first-order chi connectivity index (χ1) is 7.88. The van der Waals surface area contributed by atoms with E-state index < -0.39 is 9.84 Å². The molecule has 1 saturated heterocycles. The number of sulfone groups is 1. The average Bonchev–Trinajstić information content (AvgIpc) is 2.24. The van der Waals surface area contributed by atoms with E-state index in [1.165, 1.54) is 19.1 Å². The lowest BCUT2D eigenvalue weighted by Crippen LogP contribution is -2.42. The molecule has 1 aliphatic rings. The third-order valence-corrected chi connectivity index (χ3v) is 4.30. The van der Waals surface area contributed by atoms with Gasteiger partial charge in [-0.3, -0.25) is 4.90 Å². The van der Waals surface area contributed by atoms with Crippen molar-refractivity contribution < 1.29 is 8.42 Å². The summed E-state index contributed by atoms with van der Waals surface area (Å²) in [6.07, 6.45) is 3.81. The first-order valence-corrected chi connectivity index (χ1v) is 8.57. The van der Waals surface area contributed by atoms with Crippen LogP contribution in [0.5, 0.6) is 0 Å². The Hall–Kier alpha value is 0.160. The first-order valence-electron chi connectivity index (χ1n) is 6.51. The molecule has 4 nitrogen and oxygen atoms in total. The molecule has 110 valence electrons. The van der Waals surface area contributed by atoms with Crippen LogP contribution < -0.4 is 5.32 Å². The van der Waals surface area contributed by atoms with E-state index in [-0.39, 0.29) is 18.2 Å². The van der Waals surface area contributed by atoms with Gasteiger partial charge in [-0.1, -0.05) is 0 Å². The van der Waals surface area contributed by atoms with E-state index >= 15 is 0 Å². The van der Waals surface area contributed by atoms with Gasteiger partial charge in [0.1, 0.15) is 9.84 Å². The molecule has 0 aliphatic carbocycles. The third-order valence-electron chi connectivity index (χ3n) is 3.37. The zero-order valence-corrected chi connectivity index (χ0v) is 13.3. The Labute approximate surface area is 118 Å². The van der Waals surface area contributed by atoms with Crippen LogP contribution in [0.2, 0.25) is 0 Å². The normalized spacial score (nSPS) is 21.1. The van der Waals surface area contributed by atoms with Crippen molar-refractivity contribution in [2.75, 3.05) is 38.2 Å². The highest BCUT2D eigenvalue weighted by molar-refractivity contribution is 7.90. The smallest absolute Gasteiger partial charge is 0.148 e. The van der Waals surface area contributed by atoms with Crippen LogP contribution in [0.1, 0.15) is 26.7 Å². The second-order valence-electron chi connectivity index (χ2n) is 5.43. The van der Waals surface area contributed by atoms with Crippen molar-refractivity contribution in [2.45, 2.75) is 32.7 Å². The minimum Gasteiger partial charge on any atom is -0.316 e. The van der Waals surface area contributed by atoms with E-state index in [2.05, 4.69) is 24.1 Å². The van der Waals surface area contributed by atoms with Crippen molar-refractivity contribution in [1.29, 1.82) is 0 Å². The van der Waals surface area contributed by atoms with Crippen molar-refractivity contribution in [2.24, 2.45) is 5.92 Å². The summed E-state index contributed by atoms with van der Waals surface area (Å²) >= 11 is 0. The fraction of sp³-hybridized carbons (Fsp3) is 1.00. The molecule has 0 radical (unpaired) electrons. The lowest BCUT2D eigenvalue weighted by atomic mass is 9.98. The molecule has 1 heterocycles. The largest absolute Gasteiger partial charge is 0.316 e. The van der Waals surface area contributed by atoms with Gasteiger partial charge in [0.15, 0.2) is 0 Å². The van der Waals surface area contributed by atoms with Crippen LogP contribution in [-0.2, 0) is 9.84 Å². The minimum absolute atomic E-state index is 0. The molecule has 18 heavy (non-hydrogen) atoms. The summed E-state index contributed by atoms with van der Waals surface area (Å²) in [5.41, 5.74) is 0. The average molecular weight is 299 g/mol. The zero-order chi connectivity index (χ0) is 12.9. The molecule has 1 rings (SSSR count). The predicted octanol–water partition coefficient (Wildman–Crippen LogP) is 1.16. The predicted molar refractivity (Wildman–Crippen MR) is 79.3 cm³/mol. The van der Waals surface area contributed by atoms with Crippen LogP contribution in [0.25, 0.3) is 0 Å². The number of halogens is 1. The van der Waals surface area contributed by atoms with E-state index in [1.807, 2.05) is 0 Å². The van der Waals surface area contributed by atoms with Gasteiger partial charge < -0.3 is 5.32 Å². The molecule has 0 saturated carbocycles. The Morgan fingerprint density at radius 3 is 2.50 bits per heavy atom. The van der Waals surface area contributed by atoms with Gasteiger partial charge >= 0.3 is 0 Å². The van der Waals surface area contributed by atoms with Crippen LogP contribution in [0, 0.1) is 5.92 Å². The Bertz CT molecular complexity index is 314. The Morgan fingerprint density at radius 2 is 2.06 bits per heavy atom. The Morgan fingerprint density at radius 1 is 1.39 bits per heavy atom. The van der Waals surface area contributed by atoms with Crippen molar-refractivity contribution in [3.8, 4) is 0 Å². The van der Waals surface area contributed by atoms with E-state index in [9.17, 15) is 8.42 Å². The molecule has 0 spiro atoms. The van der Waals surface area contributed by atoms with Crippen LogP contribution >= 0.6 is 12.4 Å². The van der Waals surface area contributed by atoms with Gasteiger partial charge in [-0.05, 0) is 45.7 Å². The fourth-order valence-electron chi connectivity index (χ4n) is 2.25. The van der Waals surface area contributed by atoms with E-state index in [1.54, 1.807) is 0 Å². The van der Waals surface area contributed by atoms with Gasteiger partial charge in [-0.25, -0.2) is 8.42 Å². The molecule has 0 bridgehead atoms. The number of rotatable bonds is 6. The maximum Gasteiger partial charge on any atom is 0.148 e. The Balaban J connectivity index is 0.00000289. The van der Waals surface area contributed by atoms with Crippen molar-refractivity contribution in [3.63, 3.8) is 0 Å². The number of nitrogens with zero attached hydrogens (tertiary/aromatic N) is 1. The van der Waals surface area contributed by atoms with Gasteiger partial charge in [-0.15, -0.1) is 12.4 Å². The van der Waals surface area contributed by atoms with Crippen LogP contribution in [0.4, 0.5) is 0 Å². The standard InChI is InChI=1S/C12H26N2O2S.ClH/c1-11(2)14(7-8-17(3,15)16)10-12-5-4-6-13-9-12;/h11-13H,4-10H2,1-3H3;1H. The van der Waals surface area contributed by atoms with E-state index in [0.717, 1.165) is 19.6 Å². The Kier molecular flexibility index (Phi) is 8.43. The second kappa shape index (κ2) is 8.35. The van der Waals surface area contributed by atoms with Crippen LogP contribution in [-0.4, -0.2) is 57.5 Å². The second-order valence-corrected chi connectivity index (χ2v) is 7.69. The van der Waals surface area contributed by atoms with Crippen molar-refractivity contribution in [3.05, 3.63) is 0 Å². The summed E-state index contributed by atoms with van der Waals surface area (Å²) in [5.74, 6) is 0.941. The van der Waals surface area contributed by atoms with Gasteiger partial charge in [0.25, 0.3) is 0 Å². The summed E-state index contributed by atoms with van der Waals surface area (Å²) in [6.45, 7) is 8.15. The lowest BCUT2D eigenvalue weighted by Gasteiger charge is -2.32. The summed E-state index contributed by atoms with van der Waals surface area (Å²) in [4.78, 5) is 2.29. The maximum absolute atomic E-state index is 11.2. The molecule has 0 amide bonds. The minimum atomic E-state index is -2.85. The van der Waals surface area contributed by atoms with Crippen molar-refractivity contribution >= 4 is 22.2 Å². The molecule has 1 fully saturated rings. The number of hydrogen-bond acceptors (Lipinski definition) is 4. The highest BCUT2D eigenvalue weighted by Gasteiger charge is 2.19. The molecule has 0 aromatic heterocycles. The fourth-order valence-corrected chi connectivity index (χ4v) is 2.82.